The van der Waals surface area contributed by atoms with Crippen molar-refractivity contribution < 1.29 is 4.74 Å². The third kappa shape index (κ3) is 4.30. The Morgan fingerprint density at radius 2 is 2.00 bits per heavy atom. The zero-order valence-electron chi connectivity index (χ0n) is 12.2. The number of nitrogens with one attached hydrogen (secondary N) is 1. The highest BCUT2D eigenvalue weighted by atomic mass is 16.5. The third-order valence-corrected chi connectivity index (χ3v) is 3.78. The van der Waals surface area contributed by atoms with E-state index in [4.69, 9.17) is 4.74 Å². The molecule has 3 nitrogen and oxygen atoms in total. The molecule has 1 atom stereocenters. The Labute approximate surface area is 116 Å². The van der Waals surface area contributed by atoms with Crippen molar-refractivity contribution in [3.63, 3.8) is 0 Å². The van der Waals surface area contributed by atoms with Gasteiger partial charge in [0.2, 0.25) is 0 Å². The standard InChI is InChI=1S/C16H26N2O/c1-3-10-18(16-8-9-17-11-16)12-14-4-6-15(7-5-14)13-19-2/h4-7,16-17H,3,8-13H2,1-2H3. The normalized spacial score (nSPS) is 19.2. The maximum Gasteiger partial charge on any atom is 0.0713 e. The van der Waals surface area contributed by atoms with Crippen molar-refractivity contribution in [3.05, 3.63) is 35.4 Å². The van der Waals surface area contributed by atoms with Gasteiger partial charge in [0.05, 0.1) is 6.61 Å². The van der Waals surface area contributed by atoms with Crippen molar-refractivity contribution in [1.82, 2.24) is 10.2 Å². The summed E-state index contributed by atoms with van der Waals surface area (Å²) in [5, 5.41) is 3.46. The molecule has 106 valence electrons. The van der Waals surface area contributed by atoms with E-state index in [0.717, 1.165) is 19.6 Å². The molecule has 2 rings (SSSR count). The summed E-state index contributed by atoms with van der Waals surface area (Å²) >= 11 is 0. The van der Waals surface area contributed by atoms with Crippen LogP contribution in [0.3, 0.4) is 0 Å². The lowest BCUT2D eigenvalue weighted by atomic mass is 10.1. The minimum atomic E-state index is 0.700. The van der Waals surface area contributed by atoms with Crippen LogP contribution < -0.4 is 5.32 Å². The van der Waals surface area contributed by atoms with Crippen LogP contribution in [0.25, 0.3) is 0 Å². The maximum atomic E-state index is 5.15. The number of ether oxygens (including phenoxy) is 1. The summed E-state index contributed by atoms with van der Waals surface area (Å²) in [5.41, 5.74) is 2.65. The fourth-order valence-corrected chi connectivity index (χ4v) is 2.77. The monoisotopic (exact) mass is 262 g/mol. The van der Waals surface area contributed by atoms with E-state index < -0.39 is 0 Å². The van der Waals surface area contributed by atoms with Crippen LogP contribution in [0.15, 0.2) is 24.3 Å². The van der Waals surface area contributed by atoms with Gasteiger partial charge >= 0.3 is 0 Å². The molecule has 3 heteroatoms. The van der Waals surface area contributed by atoms with Crippen LogP contribution in [0.2, 0.25) is 0 Å². The molecule has 0 saturated carbocycles. The minimum Gasteiger partial charge on any atom is -0.380 e. The van der Waals surface area contributed by atoms with Crippen molar-refractivity contribution >= 4 is 0 Å². The van der Waals surface area contributed by atoms with E-state index in [1.165, 1.54) is 30.5 Å². The van der Waals surface area contributed by atoms with Gasteiger partial charge in [0.15, 0.2) is 0 Å². The van der Waals surface area contributed by atoms with Gasteiger partial charge in [-0.2, -0.15) is 0 Å². The molecular formula is C16H26N2O. The lowest BCUT2D eigenvalue weighted by molar-refractivity contribution is 0.184. The quantitative estimate of drug-likeness (QED) is 0.816. The third-order valence-electron chi connectivity index (χ3n) is 3.78. The van der Waals surface area contributed by atoms with Gasteiger partial charge in [-0.3, -0.25) is 4.90 Å². The molecule has 1 heterocycles. The van der Waals surface area contributed by atoms with Crippen molar-refractivity contribution in [1.29, 1.82) is 0 Å². The second-order valence-corrected chi connectivity index (χ2v) is 5.37. The number of hydrogen-bond acceptors (Lipinski definition) is 3. The Bertz CT molecular complexity index is 358. The van der Waals surface area contributed by atoms with Crippen molar-refractivity contribution in [2.45, 2.75) is 39.0 Å². The molecular weight excluding hydrogens is 236 g/mol. The largest absolute Gasteiger partial charge is 0.380 e. The van der Waals surface area contributed by atoms with Crippen LogP contribution in [-0.2, 0) is 17.9 Å². The molecule has 0 amide bonds. The van der Waals surface area contributed by atoms with Gasteiger partial charge in [-0.25, -0.2) is 0 Å². The van der Waals surface area contributed by atoms with Crippen molar-refractivity contribution in [2.24, 2.45) is 0 Å². The molecule has 1 unspecified atom stereocenters. The van der Waals surface area contributed by atoms with E-state index in [2.05, 4.69) is 41.4 Å². The summed E-state index contributed by atoms with van der Waals surface area (Å²) in [6.45, 7) is 7.52. The highest BCUT2D eigenvalue weighted by Crippen LogP contribution is 2.15. The zero-order chi connectivity index (χ0) is 13.5. The van der Waals surface area contributed by atoms with E-state index in [1.54, 1.807) is 7.11 Å². The molecule has 1 aromatic carbocycles. The average Bonchev–Trinajstić information content (AvgIpc) is 2.95. The number of rotatable bonds is 7. The fraction of sp³-hybridized carbons (Fsp3) is 0.625. The SMILES string of the molecule is CCCN(Cc1ccc(COC)cc1)C1CCNC1. The Hall–Kier alpha value is -0.900. The lowest BCUT2D eigenvalue weighted by Gasteiger charge is -2.28. The van der Waals surface area contributed by atoms with E-state index in [0.29, 0.717) is 12.6 Å². The molecule has 1 aromatic rings. The number of methoxy groups -OCH3 is 1. The van der Waals surface area contributed by atoms with E-state index in [1.807, 2.05) is 0 Å². The van der Waals surface area contributed by atoms with Gasteiger partial charge in [0.1, 0.15) is 0 Å². The second-order valence-electron chi connectivity index (χ2n) is 5.37. The zero-order valence-corrected chi connectivity index (χ0v) is 12.2. The summed E-state index contributed by atoms with van der Waals surface area (Å²) in [5.74, 6) is 0. The first-order valence-electron chi connectivity index (χ1n) is 7.35. The molecule has 0 spiro atoms. The van der Waals surface area contributed by atoms with Crippen LogP contribution in [0, 0.1) is 0 Å². The number of nitrogens with zero attached hydrogens (tertiary/aromatic N) is 1. The van der Waals surface area contributed by atoms with Gasteiger partial charge < -0.3 is 10.1 Å². The van der Waals surface area contributed by atoms with Crippen LogP contribution >= 0.6 is 0 Å². The summed E-state index contributed by atoms with van der Waals surface area (Å²) < 4.78 is 5.15. The molecule has 0 aromatic heterocycles. The number of hydrogen-bond donors (Lipinski definition) is 1. The molecule has 1 fully saturated rings. The maximum absolute atomic E-state index is 5.15. The van der Waals surface area contributed by atoms with Gasteiger partial charge in [-0.15, -0.1) is 0 Å². The summed E-state index contributed by atoms with van der Waals surface area (Å²) in [6, 6.07) is 9.53. The molecule has 19 heavy (non-hydrogen) atoms. The predicted molar refractivity (Wildman–Crippen MR) is 79.1 cm³/mol. The summed E-state index contributed by atoms with van der Waals surface area (Å²) in [7, 11) is 1.74. The van der Waals surface area contributed by atoms with E-state index >= 15 is 0 Å². The summed E-state index contributed by atoms with van der Waals surface area (Å²) in [6.07, 6.45) is 2.50. The molecule has 1 aliphatic rings. The van der Waals surface area contributed by atoms with Crippen molar-refractivity contribution in [2.75, 3.05) is 26.7 Å². The summed E-state index contributed by atoms with van der Waals surface area (Å²) in [4.78, 5) is 2.62. The topological polar surface area (TPSA) is 24.5 Å². The van der Waals surface area contributed by atoms with Gasteiger partial charge in [-0.05, 0) is 37.1 Å². The predicted octanol–water partition coefficient (Wildman–Crippen LogP) is 2.41. The van der Waals surface area contributed by atoms with Crippen LogP contribution in [0.1, 0.15) is 30.9 Å². The highest BCUT2D eigenvalue weighted by Gasteiger charge is 2.21. The van der Waals surface area contributed by atoms with Crippen molar-refractivity contribution in [3.8, 4) is 0 Å². The Balaban J connectivity index is 1.95. The number of benzene rings is 1. The van der Waals surface area contributed by atoms with Crippen LogP contribution in [-0.4, -0.2) is 37.7 Å². The first-order chi connectivity index (χ1) is 9.33. The Morgan fingerprint density at radius 1 is 1.26 bits per heavy atom. The second kappa shape index (κ2) is 7.63. The first kappa shape index (κ1) is 14.5. The first-order valence-corrected chi connectivity index (χ1v) is 7.35. The fourth-order valence-electron chi connectivity index (χ4n) is 2.77. The highest BCUT2D eigenvalue weighted by molar-refractivity contribution is 5.22. The van der Waals surface area contributed by atoms with Crippen LogP contribution in [0.5, 0.6) is 0 Å². The van der Waals surface area contributed by atoms with E-state index in [9.17, 15) is 0 Å². The Kier molecular flexibility index (Phi) is 5.83. The molecule has 1 aliphatic heterocycles. The average molecular weight is 262 g/mol. The molecule has 0 bridgehead atoms. The van der Waals surface area contributed by atoms with Gasteiger partial charge in [-0.1, -0.05) is 31.2 Å². The van der Waals surface area contributed by atoms with Crippen LogP contribution in [0.4, 0.5) is 0 Å². The Morgan fingerprint density at radius 3 is 2.58 bits per heavy atom. The smallest absolute Gasteiger partial charge is 0.0713 e. The molecule has 0 radical (unpaired) electrons. The van der Waals surface area contributed by atoms with E-state index in [-0.39, 0.29) is 0 Å². The molecule has 0 aliphatic carbocycles. The van der Waals surface area contributed by atoms with Gasteiger partial charge in [0, 0.05) is 26.2 Å². The minimum absolute atomic E-state index is 0.700. The molecule has 1 N–H and O–H groups in total. The van der Waals surface area contributed by atoms with Gasteiger partial charge in [0.25, 0.3) is 0 Å². The molecule has 1 saturated heterocycles. The lowest BCUT2D eigenvalue weighted by Crippen LogP contribution is -2.36.